The van der Waals surface area contributed by atoms with Crippen LogP contribution in [0.1, 0.15) is 64.2 Å². The Labute approximate surface area is 131 Å². The van der Waals surface area contributed by atoms with E-state index < -0.39 is 0 Å². The maximum absolute atomic E-state index is 6.01. The van der Waals surface area contributed by atoms with E-state index in [4.69, 9.17) is 4.74 Å². The highest BCUT2D eigenvalue weighted by Gasteiger charge is 2.10. The standard InChI is InChI=1S/C15H31NOS.ClH/c18-14-12-16-11-7-4-8-13-17-15-9-5-2-1-3-6-10-15;/h15-16,18H,1-14H2;1H. The third-order valence-corrected chi connectivity index (χ3v) is 3.92. The van der Waals surface area contributed by atoms with Crippen molar-refractivity contribution in [3.63, 3.8) is 0 Å². The molecule has 0 heterocycles. The second kappa shape index (κ2) is 15.0. The Bertz CT molecular complexity index is 176. The molecule has 1 aliphatic rings. The summed E-state index contributed by atoms with van der Waals surface area (Å²) in [6.45, 7) is 3.13. The molecule has 0 aromatic rings. The average Bonchev–Trinajstić information content (AvgIpc) is 2.34. The molecule has 1 saturated carbocycles. The molecule has 1 fully saturated rings. The topological polar surface area (TPSA) is 21.3 Å². The largest absolute Gasteiger partial charge is 0.378 e. The second-order valence-electron chi connectivity index (χ2n) is 5.37. The van der Waals surface area contributed by atoms with Crippen LogP contribution in [0.2, 0.25) is 0 Å². The Hall–Kier alpha value is 0.560. The summed E-state index contributed by atoms with van der Waals surface area (Å²) >= 11 is 4.17. The first kappa shape index (κ1) is 19.6. The van der Waals surface area contributed by atoms with E-state index in [9.17, 15) is 0 Å². The van der Waals surface area contributed by atoms with Gasteiger partial charge in [0.1, 0.15) is 0 Å². The van der Waals surface area contributed by atoms with Gasteiger partial charge in [-0.15, -0.1) is 12.4 Å². The summed E-state index contributed by atoms with van der Waals surface area (Å²) in [6.07, 6.45) is 13.9. The van der Waals surface area contributed by atoms with Crippen LogP contribution in [0.25, 0.3) is 0 Å². The summed E-state index contributed by atoms with van der Waals surface area (Å²) in [5.74, 6) is 0.935. The zero-order chi connectivity index (χ0) is 12.9. The Balaban J connectivity index is 0.00000324. The van der Waals surface area contributed by atoms with Gasteiger partial charge in [0, 0.05) is 18.9 Å². The molecule has 0 amide bonds. The lowest BCUT2D eigenvalue weighted by Gasteiger charge is -2.20. The lowest BCUT2D eigenvalue weighted by molar-refractivity contribution is 0.0333. The predicted octanol–water partition coefficient (Wildman–Crippen LogP) is 4.23. The maximum Gasteiger partial charge on any atom is 0.0575 e. The molecule has 1 N–H and O–H groups in total. The third kappa shape index (κ3) is 12.0. The van der Waals surface area contributed by atoms with Crippen LogP contribution in [0.4, 0.5) is 0 Å². The Kier molecular flexibility index (Phi) is 15.4. The van der Waals surface area contributed by atoms with Gasteiger partial charge in [-0.25, -0.2) is 0 Å². The fraction of sp³-hybridized carbons (Fsp3) is 1.00. The molecule has 1 aliphatic carbocycles. The zero-order valence-corrected chi connectivity index (χ0v) is 14.0. The number of rotatable bonds is 9. The van der Waals surface area contributed by atoms with Gasteiger partial charge in [0.05, 0.1) is 6.10 Å². The number of hydrogen-bond donors (Lipinski definition) is 2. The van der Waals surface area contributed by atoms with Gasteiger partial charge in [0.2, 0.25) is 0 Å². The molecule has 0 bridgehead atoms. The highest BCUT2D eigenvalue weighted by Crippen LogP contribution is 2.19. The molecule has 116 valence electrons. The lowest BCUT2D eigenvalue weighted by Crippen LogP contribution is -2.18. The molecule has 1 rings (SSSR count). The smallest absolute Gasteiger partial charge is 0.0575 e. The Morgan fingerprint density at radius 2 is 1.58 bits per heavy atom. The molecular weight excluding hydrogens is 278 g/mol. The van der Waals surface area contributed by atoms with E-state index in [-0.39, 0.29) is 12.4 Å². The van der Waals surface area contributed by atoms with Gasteiger partial charge in [-0.1, -0.05) is 32.1 Å². The summed E-state index contributed by atoms with van der Waals surface area (Å²) in [5.41, 5.74) is 0. The molecule has 0 aromatic carbocycles. The molecule has 2 nitrogen and oxygen atoms in total. The second-order valence-corrected chi connectivity index (χ2v) is 5.82. The van der Waals surface area contributed by atoms with Gasteiger partial charge in [-0.2, -0.15) is 12.6 Å². The molecule has 0 spiro atoms. The molecule has 0 aliphatic heterocycles. The fourth-order valence-electron chi connectivity index (χ4n) is 2.57. The van der Waals surface area contributed by atoms with Gasteiger partial charge in [-0.3, -0.25) is 0 Å². The number of hydrogen-bond acceptors (Lipinski definition) is 3. The summed E-state index contributed by atoms with van der Waals surface area (Å²) in [7, 11) is 0. The quantitative estimate of drug-likeness (QED) is 0.491. The maximum atomic E-state index is 6.01. The van der Waals surface area contributed by atoms with Crippen molar-refractivity contribution < 1.29 is 4.74 Å². The van der Waals surface area contributed by atoms with Crippen molar-refractivity contribution in [3.05, 3.63) is 0 Å². The van der Waals surface area contributed by atoms with Crippen molar-refractivity contribution in [3.8, 4) is 0 Å². The van der Waals surface area contributed by atoms with Crippen molar-refractivity contribution in [2.24, 2.45) is 0 Å². The Morgan fingerprint density at radius 3 is 2.26 bits per heavy atom. The van der Waals surface area contributed by atoms with E-state index >= 15 is 0 Å². The van der Waals surface area contributed by atoms with Crippen LogP contribution in [-0.2, 0) is 4.74 Å². The van der Waals surface area contributed by atoms with Gasteiger partial charge < -0.3 is 10.1 Å². The summed E-state index contributed by atoms with van der Waals surface area (Å²) in [4.78, 5) is 0. The van der Waals surface area contributed by atoms with E-state index in [2.05, 4.69) is 17.9 Å². The molecule has 19 heavy (non-hydrogen) atoms. The summed E-state index contributed by atoms with van der Waals surface area (Å²) < 4.78 is 6.01. The molecule has 0 saturated heterocycles. The SMILES string of the molecule is Cl.SCCNCCCCCOC1CCCCCCC1. The normalized spacial score (nSPS) is 17.5. The first-order valence-electron chi connectivity index (χ1n) is 7.86. The minimum absolute atomic E-state index is 0. The van der Waals surface area contributed by atoms with Crippen LogP contribution in [0.5, 0.6) is 0 Å². The predicted molar refractivity (Wildman–Crippen MR) is 89.9 cm³/mol. The molecule has 0 radical (unpaired) electrons. The zero-order valence-electron chi connectivity index (χ0n) is 12.2. The van der Waals surface area contributed by atoms with Crippen molar-refractivity contribution >= 4 is 25.0 Å². The van der Waals surface area contributed by atoms with E-state index in [1.165, 1.54) is 64.2 Å². The Morgan fingerprint density at radius 1 is 0.895 bits per heavy atom. The highest BCUT2D eigenvalue weighted by atomic mass is 35.5. The van der Waals surface area contributed by atoms with Crippen LogP contribution in [-0.4, -0.2) is 31.6 Å². The number of nitrogens with one attached hydrogen (secondary N) is 1. The number of halogens is 1. The average molecular weight is 310 g/mol. The van der Waals surface area contributed by atoms with E-state index in [0.717, 1.165) is 25.4 Å². The van der Waals surface area contributed by atoms with Gasteiger partial charge in [-0.05, 0) is 38.6 Å². The summed E-state index contributed by atoms with van der Waals surface area (Å²) in [5, 5.41) is 3.37. The van der Waals surface area contributed by atoms with Crippen LogP contribution >= 0.6 is 25.0 Å². The first-order chi connectivity index (χ1) is 8.93. The van der Waals surface area contributed by atoms with Crippen LogP contribution in [0.3, 0.4) is 0 Å². The summed E-state index contributed by atoms with van der Waals surface area (Å²) in [6, 6.07) is 0. The fourth-order valence-corrected chi connectivity index (χ4v) is 2.73. The first-order valence-corrected chi connectivity index (χ1v) is 8.50. The monoisotopic (exact) mass is 309 g/mol. The van der Waals surface area contributed by atoms with Crippen LogP contribution in [0.15, 0.2) is 0 Å². The number of unbranched alkanes of at least 4 members (excludes halogenated alkanes) is 2. The van der Waals surface area contributed by atoms with Crippen molar-refractivity contribution in [2.75, 3.05) is 25.4 Å². The van der Waals surface area contributed by atoms with Crippen molar-refractivity contribution in [1.29, 1.82) is 0 Å². The molecule has 0 aromatic heterocycles. The lowest BCUT2D eigenvalue weighted by atomic mass is 9.98. The van der Waals surface area contributed by atoms with Crippen molar-refractivity contribution in [2.45, 2.75) is 70.3 Å². The molecule has 0 atom stereocenters. The van der Waals surface area contributed by atoms with Crippen molar-refractivity contribution in [1.82, 2.24) is 5.32 Å². The third-order valence-electron chi connectivity index (χ3n) is 3.69. The van der Waals surface area contributed by atoms with Gasteiger partial charge in [0.25, 0.3) is 0 Å². The molecule has 4 heteroatoms. The van der Waals surface area contributed by atoms with Gasteiger partial charge >= 0.3 is 0 Å². The van der Waals surface area contributed by atoms with E-state index in [1.807, 2.05) is 0 Å². The number of thiol groups is 1. The molecular formula is C15H32ClNOS. The number of ether oxygens (including phenoxy) is 1. The van der Waals surface area contributed by atoms with Gasteiger partial charge in [0.15, 0.2) is 0 Å². The van der Waals surface area contributed by atoms with Crippen LogP contribution < -0.4 is 5.32 Å². The molecule has 0 unspecified atom stereocenters. The van der Waals surface area contributed by atoms with E-state index in [0.29, 0.717) is 6.10 Å². The van der Waals surface area contributed by atoms with E-state index in [1.54, 1.807) is 0 Å². The van der Waals surface area contributed by atoms with Crippen LogP contribution in [0, 0.1) is 0 Å². The minimum atomic E-state index is 0. The highest BCUT2D eigenvalue weighted by molar-refractivity contribution is 7.80. The minimum Gasteiger partial charge on any atom is -0.378 e.